The lowest BCUT2D eigenvalue weighted by Gasteiger charge is -2.24. The average Bonchev–Trinajstić information content (AvgIpc) is 0.923. The van der Waals surface area contributed by atoms with Gasteiger partial charge in [0.1, 0.15) is 58.1 Å². The second-order valence-corrected chi connectivity index (χ2v) is 35.6. The number of carbonyl (C=O) groups excluding carboxylic acids is 6. The largest absolute Gasteiger partial charge is 0.461 e. The van der Waals surface area contributed by atoms with Crippen LogP contribution in [0, 0.1) is 14.9 Å². The maximum atomic E-state index is 13.5. The van der Waals surface area contributed by atoms with E-state index in [9.17, 15) is 44.1 Å². The molecule has 7 atom stereocenters. The third-order valence-electron chi connectivity index (χ3n) is 23.5. The first-order chi connectivity index (χ1) is 58.9. The van der Waals surface area contributed by atoms with Gasteiger partial charge in [-0.25, -0.2) is 18.7 Å². The topological polar surface area (TPSA) is 228 Å². The molecule has 0 aromatic rings. The molecule has 0 aliphatic carbocycles. The van der Waals surface area contributed by atoms with Crippen LogP contribution in [0.25, 0.3) is 0 Å². The van der Waals surface area contributed by atoms with E-state index in [0.29, 0.717) is 32.4 Å². The van der Waals surface area contributed by atoms with Crippen molar-refractivity contribution in [2.75, 3.05) is 59.5 Å². The molecule has 0 spiro atoms. The maximum Gasteiger partial charge on any atom is 0.372 e. The van der Waals surface area contributed by atoms with E-state index in [4.69, 9.17) is 28.4 Å². The Morgan fingerprint density at radius 2 is 0.520 bits per heavy atom. The Bertz CT molecular complexity index is 2530. The van der Waals surface area contributed by atoms with E-state index >= 15 is 0 Å². The van der Waals surface area contributed by atoms with Crippen molar-refractivity contribution < 1.29 is 81.7 Å². The zero-order valence-corrected chi connectivity index (χ0v) is 81.5. The van der Waals surface area contributed by atoms with Gasteiger partial charge in [-0.1, -0.05) is 399 Å². The van der Waals surface area contributed by atoms with Gasteiger partial charge in [0, 0.05) is 27.7 Å². The van der Waals surface area contributed by atoms with Crippen LogP contribution in [-0.4, -0.2) is 181 Å². The molecular formula is C105H197N3O15+4. The number of nitrogens with zero attached hydrogens (tertiary/aromatic N) is 3. The summed E-state index contributed by atoms with van der Waals surface area (Å²) in [6, 6.07) is 0. The van der Waals surface area contributed by atoms with Gasteiger partial charge in [0.25, 0.3) is 0 Å². The Kier molecular flexibility index (Phi) is 92.4. The fourth-order valence-electron chi connectivity index (χ4n) is 15.6. The number of aliphatic hydroxyl groups is 3. The monoisotopic (exact) mass is 1740 g/mol. The molecule has 18 nitrogen and oxygen atoms in total. The zero-order valence-electron chi connectivity index (χ0n) is 81.5. The molecule has 0 aromatic heterocycles. The molecule has 0 aliphatic rings. The van der Waals surface area contributed by atoms with Crippen molar-refractivity contribution in [2.45, 2.75) is 514 Å². The van der Waals surface area contributed by atoms with E-state index in [-0.39, 0.29) is 79.0 Å². The lowest BCUT2D eigenvalue weighted by atomic mass is 10.0. The van der Waals surface area contributed by atoms with E-state index in [1.165, 1.54) is 276 Å². The van der Waals surface area contributed by atoms with Gasteiger partial charge in [0.05, 0.1) is 44.1 Å². The van der Waals surface area contributed by atoms with Crippen LogP contribution in [0.3, 0.4) is 0 Å². The van der Waals surface area contributed by atoms with Crippen molar-refractivity contribution >= 4 is 49.3 Å². The van der Waals surface area contributed by atoms with Crippen LogP contribution in [0.1, 0.15) is 472 Å². The predicted octanol–water partition coefficient (Wildman–Crippen LogP) is 26.0. The predicted molar refractivity (Wildman–Crippen MR) is 515 cm³/mol. The summed E-state index contributed by atoms with van der Waals surface area (Å²) in [5.74, 6) is -3.32. The molecule has 0 saturated heterocycles. The van der Waals surface area contributed by atoms with Gasteiger partial charge in [-0.3, -0.25) is 24.1 Å². The van der Waals surface area contributed by atoms with Crippen molar-refractivity contribution in [3.63, 3.8) is 0 Å². The van der Waals surface area contributed by atoms with E-state index in [1.54, 1.807) is 45.6 Å². The highest BCUT2D eigenvalue weighted by Crippen LogP contribution is 2.23. The quantitative estimate of drug-likeness (QED) is 0.00978. The summed E-state index contributed by atoms with van der Waals surface area (Å²) in [4.78, 5) is 81.8. The Hall–Kier alpha value is -5.04. The fourth-order valence-corrected chi connectivity index (χ4v) is 15.6. The SMILES string of the molecule is C=[N+](CCCCCCCCCCCCCCCCCC)CC(=O)OC(CCCCC)C(O)C/C=C/CC(=O)OCC(COC(=O)C/C=C/CC(O)C(CCCCC)OC(=O)CN(C)CCCCCCCCCCCCCCCCCCC)OC(=O)C/C=C/CC(O)C(CCCCC)OC(=O)C[N+](=C)CCCCCCCCCCCCCCCCCC.[CH3+].[CH3+]. The molecule has 0 radical (unpaired) electrons. The molecule has 0 amide bonds. The molecule has 0 fully saturated rings. The standard InChI is InChI=1S/C103H191N3O15.2CH3/c1-10-16-22-25-28-31-34-37-40-43-46-49-52-55-58-61-72-84-105(8)87-102(114)120-96(78-63-20-14-5)93(108)75-66-69-81-99(111)117-90-91(118-100(112)82-70-67-76-94(109)97(79-64-21-15-6)121-103(115)88-106(9)85-73-60-57-54-51-48-45-42-39-36-33-30-27-24-18-12-3)89-116-98(110)80-68-65-74-92(107)95(77-62-19-13-4)119-101(113)86-104(7)83-71-59-56-53-50-47-44-41-38-35-32-29-26-23-17-11-2;;/h65-70,91-97,107-109H,7,9-64,71-90H2,1-6,8H3;2*1H3/q+2;2*+1/b68-65+,69-66+,70-67+;;. The normalized spacial score (nSPS) is 13.3. The van der Waals surface area contributed by atoms with Crippen LogP contribution in [-0.2, 0) is 57.2 Å². The number of likely N-dealkylation sites (N-methyl/N-ethyl adjacent to an activating group) is 1. The lowest BCUT2D eigenvalue weighted by Crippen LogP contribution is -2.35. The van der Waals surface area contributed by atoms with Gasteiger partial charge in [-0.15, -0.1) is 0 Å². The van der Waals surface area contributed by atoms with E-state index in [2.05, 4.69) is 55.0 Å². The Morgan fingerprint density at radius 3 is 0.789 bits per heavy atom. The maximum absolute atomic E-state index is 13.5. The van der Waals surface area contributed by atoms with Gasteiger partial charge < -0.3 is 43.7 Å². The summed E-state index contributed by atoms with van der Waals surface area (Å²) >= 11 is 0. The molecule has 0 rings (SSSR count). The Morgan fingerprint density at radius 1 is 0.293 bits per heavy atom. The third-order valence-corrected chi connectivity index (χ3v) is 23.5. The number of hydrogen-bond donors (Lipinski definition) is 3. The first-order valence-electron chi connectivity index (χ1n) is 50.8. The summed E-state index contributed by atoms with van der Waals surface area (Å²) in [6.07, 6.45) is 75.7. The summed E-state index contributed by atoms with van der Waals surface area (Å²) < 4.78 is 38.1. The van der Waals surface area contributed by atoms with Crippen molar-refractivity contribution in [3.8, 4) is 0 Å². The summed E-state index contributed by atoms with van der Waals surface area (Å²) in [6.45, 7) is 22.7. The van der Waals surface area contributed by atoms with Crippen molar-refractivity contribution in [2.24, 2.45) is 0 Å². The van der Waals surface area contributed by atoms with E-state index < -0.39 is 85.8 Å². The summed E-state index contributed by atoms with van der Waals surface area (Å²) in [5, 5.41) is 34.1. The van der Waals surface area contributed by atoms with Crippen molar-refractivity contribution in [1.29, 1.82) is 0 Å². The van der Waals surface area contributed by atoms with Crippen LogP contribution in [0.5, 0.6) is 0 Å². The fraction of sp³-hybridized carbons (Fsp3) is 0.848. The summed E-state index contributed by atoms with van der Waals surface area (Å²) in [7, 11) is 1.93. The van der Waals surface area contributed by atoms with Crippen LogP contribution < -0.4 is 0 Å². The van der Waals surface area contributed by atoms with Gasteiger partial charge in [-0.2, -0.15) is 0 Å². The highest BCUT2D eigenvalue weighted by atomic mass is 16.6. The van der Waals surface area contributed by atoms with Gasteiger partial charge >= 0.3 is 35.8 Å². The van der Waals surface area contributed by atoms with E-state index in [0.717, 1.165) is 103 Å². The van der Waals surface area contributed by atoms with Crippen LogP contribution in [0.4, 0.5) is 0 Å². The van der Waals surface area contributed by atoms with Crippen molar-refractivity contribution in [1.82, 2.24) is 4.90 Å². The Labute approximate surface area is 757 Å². The van der Waals surface area contributed by atoms with E-state index in [1.807, 2.05) is 11.9 Å². The molecular weight excluding hydrogens is 1540 g/mol. The highest BCUT2D eigenvalue weighted by Gasteiger charge is 2.28. The number of hydrogen-bond acceptors (Lipinski definition) is 16. The number of carbonyl (C=O) groups is 6. The smallest absolute Gasteiger partial charge is 0.372 e. The van der Waals surface area contributed by atoms with Gasteiger partial charge in [0.15, 0.2) is 6.10 Å². The molecule has 123 heavy (non-hydrogen) atoms. The van der Waals surface area contributed by atoms with Crippen LogP contribution in [0.2, 0.25) is 0 Å². The number of aliphatic hydroxyl groups excluding tert-OH is 3. The number of esters is 6. The Balaban J connectivity index is -0.0000720. The molecule has 718 valence electrons. The zero-order chi connectivity index (χ0) is 88.8. The lowest BCUT2D eigenvalue weighted by molar-refractivity contribution is -0.511. The summed E-state index contributed by atoms with van der Waals surface area (Å²) in [5.41, 5.74) is 0. The highest BCUT2D eigenvalue weighted by molar-refractivity contribution is 5.74. The first kappa shape index (κ1) is 122. The molecule has 18 heteroatoms. The molecule has 0 heterocycles. The minimum atomic E-state index is -1.20. The second kappa shape index (κ2) is 93.1. The number of unbranched alkanes of at least 4 members (excludes halogenated alkanes) is 52. The minimum Gasteiger partial charge on any atom is -0.461 e. The number of ether oxygens (including phenoxy) is 6. The molecule has 0 aliphatic heterocycles. The van der Waals surface area contributed by atoms with Crippen LogP contribution in [0.15, 0.2) is 36.5 Å². The molecule has 0 aromatic carbocycles. The molecule has 3 N–H and O–H groups in total. The third kappa shape index (κ3) is 83.6. The molecule has 0 saturated carbocycles. The molecule has 0 bridgehead atoms. The molecule has 7 unspecified atom stereocenters. The average molecular weight is 1740 g/mol. The first-order valence-corrected chi connectivity index (χ1v) is 50.8. The minimum absolute atomic E-state index is 0. The van der Waals surface area contributed by atoms with Gasteiger partial charge in [0.2, 0.25) is 13.1 Å². The van der Waals surface area contributed by atoms with Crippen LogP contribution >= 0.6 is 0 Å². The number of rotatable bonds is 93. The van der Waals surface area contributed by atoms with Crippen molar-refractivity contribution in [3.05, 3.63) is 51.3 Å². The second-order valence-electron chi connectivity index (χ2n) is 35.6. The van der Waals surface area contributed by atoms with Gasteiger partial charge in [-0.05, 0) is 90.6 Å².